The zero-order chi connectivity index (χ0) is 25.3. The van der Waals surface area contributed by atoms with Crippen molar-refractivity contribution in [1.82, 2.24) is 24.7 Å². The Kier molecular flexibility index (Phi) is 6.11. The number of nitrogens with zero attached hydrogens (tertiary/aromatic N) is 5. The van der Waals surface area contributed by atoms with Gasteiger partial charge in [-0.1, -0.05) is 6.07 Å². The van der Waals surface area contributed by atoms with Crippen molar-refractivity contribution >= 4 is 39.3 Å². The molecule has 184 valence electrons. The molecule has 0 amide bonds. The summed E-state index contributed by atoms with van der Waals surface area (Å²) in [7, 11) is 0. The maximum Gasteiger partial charge on any atom is 0.435 e. The van der Waals surface area contributed by atoms with Crippen LogP contribution in [0.5, 0.6) is 0 Å². The molecule has 0 saturated carbocycles. The first-order chi connectivity index (χ1) is 17.4. The van der Waals surface area contributed by atoms with Crippen molar-refractivity contribution in [2.24, 2.45) is 5.73 Å². The molecule has 0 spiro atoms. The second-order valence-corrected chi connectivity index (χ2v) is 9.31. The van der Waals surface area contributed by atoms with E-state index in [0.717, 1.165) is 28.6 Å². The first-order valence-corrected chi connectivity index (χ1v) is 11.7. The molecule has 0 fully saturated rings. The van der Waals surface area contributed by atoms with Crippen LogP contribution in [0.3, 0.4) is 0 Å². The van der Waals surface area contributed by atoms with Crippen molar-refractivity contribution in [3.8, 4) is 11.6 Å². The lowest BCUT2D eigenvalue weighted by atomic mass is 10.1. The lowest BCUT2D eigenvalue weighted by molar-refractivity contribution is 0.0522. The minimum atomic E-state index is -0.656. The third-order valence-corrected chi connectivity index (χ3v) is 5.49. The van der Waals surface area contributed by atoms with Crippen molar-refractivity contribution in [3.63, 3.8) is 0 Å². The molecule has 3 N–H and O–H groups in total. The van der Waals surface area contributed by atoms with Gasteiger partial charge in [0.05, 0.1) is 23.1 Å². The monoisotopic (exact) mass is 485 g/mol. The number of aryl methyl sites for hydroxylation is 1. The van der Waals surface area contributed by atoms with E-state index >= 15 is 0 Å². The summed E-state index contributed by atoms with van der Waals surface area (Å²) in [5.41, 5.74) is 8.56. The summed E-state index contributed by atoms with van der Waals surface area (Å²) in [6, 6.07) is 9.26. The predicted molar refractivity (Wildman–Crippen MR) is 137 cm³/mol. The highest BCUT2D eigenvalue weighted by molar-refractivity contribution is 6.04. The van der Waals surface area contributed by atoms with E-state index in [1.807, 2.05) is 45.0 Å². The SMILES string of the molecule is CC(C)(C)OC(=O)n1nc(CCCN)c2c(Nc3c(-c4ncccn4)oc4cnccc34)cccc21. The topological polar surface area (TPSA) is 134 Å². The number of carbonyl (C=O) groups excluding carboxylic acids is 1. The van der Waals surface area contributed by atoms with Gasteiger partial charge in [0.2, 0.25) is 0 Å². The Bertz CT molecular complexity index is 1530. The molecular weight excluding hydrogens is 458 g/mol. The van der Waals surface area contributed by atoms with E-state index in [4.69, 9.17) is 14.9 Å². The molecule has 4 aromatic heterocycles. The highest BCUT2D eigenvalue weighted by Gasteiger charge is 2.25. The molecule has 5 aromatic rings. The average molecular weight is 486 g/mol. The number of hydrogen-bond acceptors (Lipinski definition) is 9. The smallest absolute Gasteiger partial charge is 0.435 e. The second-order valence-electron chi connectivity index (χ2n) is 9.31. The summed E-state index contributed by atoms with van der Waals surface area (Å²) >= 11 is 0. The predicted octanol–water partition coefficient (Wildman–Crippen LogP) is 5.05. The molecule has 0 bridgehead atoms. The Morgan fingerprint density at radius 1 is 1.14 bits per heavy atom. The number of fused-ring (bicyclic) bond motifs is 2. The standard InChI is InChI=1S/C26H27N7O3/c1-26(2,3)36-25(34)33-19-9-4-7-17(21(19)18(32-33)8-5-11-27)31-22-16-10-14-28-15-20(16)35-23(22)24-29-12-6-13-30-24/h4,6-7,9-10,12-15,31H,5,8,11,27H2,1-3H3. The van der Waals surface area contributed by atoms with Gasteiger partial charge in [0, 0.05) is 35.1 Å². The van der Waals surface area contributed by atoms with E-state index in [-0.39, 0.29) is 0 Å². The first kappa shape index (κ1) is 23.4. The van der Waals surface area contributed by atoms with Crippen molar-refractivity contribution in [3.05, 3.63) is 60.8 Å². The summed E-state index contributed by atoms with van der Waals surface area (Å²) in [5, 5.41) is 9.78. The average Bonchev–Trinajstić information content (AvgIpc) is 3.42. The molecule has 0 unspecified atom stereocenters. The minimum absolute atomic E-state index is 0.441. The van der Waals surface area contributed by atoms with Crippen LogP contribution in [0, 0.1) is 0 Å². The molecule has 4 heterocycles. The third-order valence-electron chi connectivity index (χ3n) is 5.49. The molecule has 1 aromatic carbocycles. The van der Waals surface area contributed by atoms with E-state index < -0.39 is 11.7 Å². The molecule has 5 rings (SSSR count). The van der Waals surface area contributed by atoms with Gasteiger partial charge < -0.3 is 20.2 Å². The molecule has 10 nitrogen and oxygen atoms in total. The second kappa shape index (κ2) is 9.38. The quantitative estimate of drug-likeness (QED) is 0.339. The fraction of sp³-hybridized carbons (Fsp3) is 0.269. The maximum atomic E-state index is 13.0. The van der Waals surface area contributed by atoms with E-state index in [1.54, 1.807) is 30.9 Å². The van der Waals surface area contributed by atoms with Gasteiger partial charge >= 0.3 is 6.09 Å². The summed E-state index contributed by atoms with van der Waals surface area (Å²) in [5.74, 6) is 0.926. The number of carbonyl (C=O) groups is 1. The zero-order valence-electron chi connectivity index (χ0n) is 20.4. The Morgan fingerprint density at radius 2 is 1.94 bits per heavy atom. The minimum Gasteiger partial charge on any atom is -0.449 e. The number of anilines is 2. The van der Waals surface area contributed by atoms with Crippen LogP contribution in [0.15, 0.2) is 59.5 Å². The number of hydrogen-bond donors (Lipinski definition) is 2. The van der Waals surface area contributed by atoms with Gasteiger partial charge in [0.15, 0.2) is 17.2 Å². The molecule has 0 aliphatic rings. The number of rotatable bonds is 6. The normalized spacial score (nSPS) is 11.8. The van der Waals surface area contributed by atoms with E-state index in [2.05, 4.69) is 25.4 Å². The van der Waals surface area contributed by atoms with Gasteiger partial charge in [0.25, 0.3) is 0 Å². The molecule has 0 atom stereocenters. The van der Waals surface area contributed by atoms with E-state index in [1.165, 1.54) is 4.68 Å². The molecule has 0 saturated heterocycles. The van der Waals surface area contributed by atoms with Gasteiger partial charge in [0.1, 0.15) is 5.60 Å². The lowest BCUT2D eigenvalue weighted by Crippen LogP contribution is -2.27. The van der Waals surface area contributed by atoms with Crippen LogP contribution in [0.1, 0.15) is 32.9 Å². The van der Waals surface area contributed by atoms with Crippen LogP contribution in [-0.2, 0) is 11.2 Å². The molecule has 0 aliphatic heterocycles. The van der Waals surface area contributed by atoms with Crippen molar-refractivity contribution in [2.45, 2.75) is 39.2 Å². The van der Waals surface area contributed by atoms with Crippen LogP contribution in [-0.4, -0.2) is 43.0 Å². The summed E-state index contributed by atoms with van der Waals surface area (Å²) in [4.78, 5) is 25.9. The lowest BCUT2D eigenvalue weighted by Gasteiger charge is -2.19. The Morgan fingerprint density at radius 3 is 2.69 bits per heavy atom. The summed E-state index contributed by atoms with van der Waals surface area (Å²) < 4.78 is 13.0. The van der Waals surface area contributed by atoms with E-state index in [9.17, 15) is 4.79 Å². The number of benzene rings is 1. The van der Waals surface area contributed by atoms with Gasteiger partial charge in [-0.3, -0.25) is 4.98 Å². The highest BCUT2D eigenvalue weighted by Crippen LogP contribution is 2.40. The molecule has 10 heteroatoms. The molecule has 0 aliphatic carbocycles. The Hall–Kier alpha value is -4.31. The van der Waals surface area contributed by atoms with Crippen molar-refractivity contribution in [2.75, 3.05) is 11.9 Å². The summed E-state index contributed by atoms with van der Waals surface area (Å²) in [6.45, 7) is 5.98. The molecule has 36 heavy (non-hydrogen) atoms. The highest BCUT2D eigenvalue weighted by atomic mass is 16.6. The van der Waals surface area contributed by atoms with Gasteiger partial charge in [-0.05, 0) is 64.4 Å². The van der Waals surface area contributed by atoms with Crippen LogP contribution < -0.4 is 11.1 Å². The number of aromatic nitrogens is 5. The van der Waals surface area contributed by atoms with Gasteiger partial charge in [-0.15, -0.1) is 0 Å². The molecule has 0 radical (unpaired) electrons. The van der Waals surface area contributed by atoms with Crippen LogP contribution in [0.4, 0.5) is 16.2 Å². The largest absolute Gasteiger partial charge is 0.449 e. The summed E-state index contributed by atoms with van der Waals surface area (Å²) in [6.07, 6.45) is 7.46. The zero-order valence-corrected chi connectivity index (χ0v) is 20.4. The number of ether oxygens (including phenoxy) is 1. The third kappa shape index (κ3) is 4.50. The number of pyridine rings is 1. The number of furan rings is 1. The van der Waals surface area contributed by atoms with Gasteiger partial charge in [-0.25, -0.2) is 14.8 Å². The van der Waals surface area contributed by atoms with Crippen molar-refractivity contribution < 1.29 is 13.9 Å². The van der Waals surface area contributed by atoms with Crippen LogP contribution in [0.25, 0.3) is 33.5 Å². The number of nitrogens with two attached hydrogens (primary N) is 1. The Balaban J connectivity index is 1.67. The Labute approximate surface area is 207 Å². The number of nitrogens with one attached hydrogen (secondary N) is 1. The maximum absolute atomic E-state index is 13.0. The van der Waals surface area contributed by atoms with Gasteiger partial charge in [-0.2, -0.15) is 9.78 Å². The molecular formula is C26H27N7O3. The fourth-order valence-electron chi connectivity index (χ4n) is 4.02. The van der Waals surface area contributed by atoms with E-state index in [0.29, 0.717) is 41.3 Å². The van der Waals surface area contributed by atoms with Crippen molar-refractivity contribution in [1.29, 1.82) is 0 Å². The fourth-order valence-corrected chi connectivity index (χ4v) is 4.02. The van der Waals surface area contributed by atoms with Crippen LogP contribution >= 0.6 is 0 Å². The van der Waals surface area contributed by atoms with Crippen LogP contribution in [0.2, 0.25) is 0 Å². The first-order valence-electron chi connectivity index (χ1n) is 11.7.